The van der Waals surface area contributed by atoms with Crippen LogP contribution in [0.2, 0.25) is 0 Å². The van der Waals surface area contributed by atoms with Crippen molar-refractivity contribution in [3.8, 4) is 22.8 Å². The third-order valence-corrected chi connectivity index (χ3v) is 6.43. The predicted molar refractivity (Wildman–Crippen MR) is 125 cm³/mol. The second-order valence-corrected chi connectivity index (χ2v) is 8.55. The van der Waals surface area contributed by atoms with Crippen molar-refractivity contribution in [3.05, 3.63) is 66.7 Å². The fourth-order valence-electron chi connectivity index (χ4n) is 3.92. The van der Waals surface area contributed by atoms with Gasteiger partial charge in [0.25, 0.3) is 0 Å². The van der Waals surface area contributed by atoms with Crippen LogP contribution in [-0.2, 0) is 5.75 Å². The highest BCUT2D eigenvalue weighted by Gasteiger charge is 2.23. The van der Waals surface area contributed by atoms with Gasteiger partial charge in [-0.15, -0.1) is 10.2 Å². The summed E-state index contributed by atoms with van der Waals surface area (Å²) < 4.78 is 13.7. The minimum Gasteiger partial charge on any atom is -0.495 e. The lowest BCUT2D eigenvalue weighted by Crippen LogP contribution is -2.31. The average Bonchev–Trinajstić information content (AvgIpc) is 3.51. The zero-order chi connectivity index (χ0) is 21.8. The van der Waals surface area contributed by atoms with Gasteiger partial charge in [0.1, 0.15) is 5.75 Å². The SMILES string of the molecule is COc1ccccc1-n1c(SCc2ncc(-c3ccccc3)o2)nnc1N1CCCCC1. The third-order valence-electron chi connectivity index (χ3n) is 5.52. The smallest absolute Gasteiger partial charge is 0.232 e. The van der Waals surface area contributed by atoms with Crippen molar-refractivity contribution in [2.24, 2.45) is 0 Å². The van der Waals surface area contributed by atoms with Gasteiger partial charge in [-0.3, -0.25) is 4.57 Å². The largest absolute Gasteiger partial charge is 0.495 e. The Balaban J connectivity index is 1.44. The maximum atomic E-state index is 5.98. The van der Waals surface area contributed by atoms with Gasteiger partial charge in [-0.05, 0) is 31.4 Å². The monoisotopic (exact) mass is 447 g/mol. The molecule has 1 saturated heterocycles. The fourth-order valence-corrected chi connectivity index (χ4v) is 4.71. The number of nitrogens with zero attached hydrogens (tertiary/aromatic N) is 5. The van der Waals surface area contributed by atoms with Gasteiger partial charge in [-0.25, -0.2) is 4.98 Å². The number of para-hydroxylation sites is 2. The molecular weight excluding hydrogens is 422 g/mol. The summed E-state index contributed by atoms with van der Waals surface area (Å²) in [5.74, 6) is 3.62. The normalized spacial score (nSPS) is 14.0. The zero-order valence-electron chi connectivity index (χ0n) is 18.0. The van der Waals surface area contributed by atoms with E-state index in [0.717, 1.165) is 47.0 Å². The van der Waals surface area contributed by atoms with Crippen LogP contribution < -0.4 is 9.64 Å². The molecule has 3 heterocycles. The van der Waals surface area contributed by atoms with E-state index in [1.54, 1.807) is 25.1 Å². The van der Waals surface area contributed by atoms with Crippen LogP contribution >= 0.6 is 11.8 Å². The van der Waals surface area contributed by atoms with E-state index in [2.05, 4.69) is 24.6 Å². The zero-order valence-corrected chi connectivity index (χ0v) is 18.8. The maximum absolute atomic E-state index is 5.98. The number of hydrogen-bond acceptors (Lipinski definition) is 7. The molecule has 0 saturated carbocycles. The van der Waals surface area contributed by atoms with Crippen molar-refractivity contribution in [2.75, 3.05) is 25.1 Å². The van der Waals surface area contributed by atoms with Crippen molar-refractivity contribution < 1.29 is 9.15 Å². The molecule has 5 rings (SSSR count). The Hall–Kier alpha value is -3.26. The highest BCUT2D eigenvalue weighted by atomic mass is 32.2. The van der Waals surface area contributed by atoms with Gasteiger partial charge in [-0.2, -0.15) is 0 Å². The van der Waals surface area contributed by atoms with Gasteiger partial charge >= 0.3 is 0 Å². The first-order chi connectivity index (χ1) is 15.8. The Morgan fingerprint density at radius 3 is 2.56 bits per heavy atom. The minimum absolute atomic E-state index is 0.556. The molecule has 2 aromatic carbocycles. The van der Waals surface area contributed by atoms with Crippen molar-refractivity contribution in [3.63, 3.8) is 0 Å². The van der Waals surface area contributed by atoms with Crippen LogP contribution in [0.4, 0.5) is 5.95 Å². The Bertz CT molecular complexity index is 1170. The maximum Gasteiger partial charge on any atom is 0.232 e. The van der Waals surface area contributed by atoms with Crippen molar-refractivity contribution in [1.82, 2.24) is 19.7 Å². The second-order valence-electron chi connectivity index (χ2n) is 7.61. The van der Waals surface area contributed by atoms with E-state index in [4.69, 9.17) is 9.15 Å². The summed E-state index contributed by atoms with van der Waals surface area (Å²) in [6.07, 6.45) is 5.36. The van der Waals surface area contributed by atoms with Crippen LogP contribution in [0.15, 0.2) is 70.4 Å². The molecule has 2 aromatic heterocycles. The first-order valence-corrected chi connectivity index (χ1v) is 11.8. The molecule has 32 heavy (non-hydrogen) atoms. The second kappa shape index (κ2) is 9.48. The summed E-state index contributed by atoms with van der Waals surface area (Å²) in [5.41, 5.74) is 1.95. The van der Waals surface area contributed by atoms with E-state index in [-0.39, 0.29) is 0 Å². The van der Waals surface area contributed by atoms with Crippen LogP contribution in [0.1, 0.15) is 25.2 Å². The Labute approximate surface area is 191 Å². The van der Waals surface area contributed by atoms with Gasteiger partial charge in [0.2, 0.25) is 11.8 Å². The molecule has 0 atom stereocenters. The van der Waals surface area contributed by atoms with Crippen LogP contribution in [-0.4, -0.2) is 39.9 Å². The molecule has 8 heteroatoms. The van der Waals surface area contributed by atoms with Crippen LogP contribution in [0.3, 0.4) is 0 Å². The van der Waals surface area contributed by atoms with Crippen molar-refractivity contribution >= 4 is 17.7 Å². The summed E-state index contributed by atoms with van der Waals surface area (Å²) in [6, 6.07) is 18.0. The molecule has 0 bridgehead atoms. The van der Waals surface area contributed by atoms with E-state index < -0.39 is 0 Å². The average molecular weight is 448 g/mol. The molecule has 0 spiro atoms. The lowest BCUT2D eigenvalue weighted by Gasteiger charge is -2.28. The summed E-state index contributed by atoms with van der Waals surface area (Å²) >= 11 is 1.56. The number of thioether (sulfide) groups is 1. The van der Waals surface area contributed by atoms with Gasteiger partial charge in [0.05, 0.1) is 24.7 Å². The molecule has 164 valence electrons. The van der Waals surface area contributed by atoms with Gasteiger partial charge in [0.15, 0.2) is 10.9 Å². The Morgan fingerprint density at radius 1 is 0.969 bits per heavy atom. The fraction of sp³-hybridized carbons (Fsp3) is 0.292. The first-order valence-electron chi connectivity index (χ1n) is 10.8. The third kappa shape index (κ3) is 4.23. The molecule has 1 aliphatic heterocycles. The van der Waals surface area contributed by atoms with Crippen LogP contribution in [0, 0.1) is 0 Å². The summed E-state index contributed by atoms with van der Waals surface area (Å²) in [6.45, 7) is 1.97. The number of ether oxygens (including phenoxy) is 1. The van der Waals surface area contributed by atoms with Crippen LogP contribution in [0.5, 0.6) is 5.75 Å². The van der Waals surface area contributed by atoms with E-state index >= 15 is 0 Å². The number of oxazole rings is 1. The highest BCUT2D eigenvalue weighted by Crippen LogP contribution is 2.34. The number of anilines is 1. The molecule has 0 radical (unpaired) electrons. The predicted octanol–water partition coefficient (Wildman–Crippen LogP) is 5.21. The number of methoxy groups -OCH3 is 1. The van der Waals surface area contributed by atoms with Crippen molar-refractivity contribution in [2.45, 2.75) is 30.2 Å². The van der Waals surface area contributed by atoms with E-state index in [1.807, 2.05) is 54.6 Å². The molecule has 0 aliphatic carbocycles. The summed E-state index contributed by atoms with van der Waals surface area (Å²) in [4.78, 5) is 6.77. The van der Waals surface area contributed by atoms with E-state index in [1.165, 1.54) is 19.3 Å². The lowest BCUT2D eigenvalue weighted by atomic mass is 10.1. The number of benzene rings is 2. The van der Waals surface area contributed by atoms with Gasteiger partial charge < -0.3 is 14.1 Å². The first kappa shape index (κ1) is 20.6. The molecule has 1 aliphatic rings. The van der Waals surface area contributed by atoms with Gasteiger partial charge in [-0.1, -0.05) is 54.2 Å². The van der Waals surface area contributed by atoms with Gasteiger partial charge in [0, 0.05) is 18.7 Å². The number of aromatic nitrogens is 4. The van der Waals surface area contributed by atoms with Crippen molar-refractivity contribution in [1.29, 1.82) is 0 Å². The molecular formula is C24H25N5O2S. The number of rotatable bonds is 7. The summed E-state index contributed by atoms with van der Waals surface area (Å²) in [7, 11) is 1.69. The molecule has 4 aromatic rings. The summed E-state index contributed by atoms with van der Waals surface area (Å²) in [5, 5.41) is 9.89. The minimum atomic E-state index is 0.556. The van der Waals surface area contributed by atoms with E-state index in [9.17, 15) is 0 Å². The highest BCUT2D eigenvalue weighted by molar-refractivity contribution is 7.98. The van der Waals surface area contributed by atoms with Crippen LogP contribution in [0.25, 0.3) is 17.0 Å². The topological polar surface area (TPSA) is 69.2 Å². The number of piperidine rings is 1. The molecule has 0 unspecified atom stereocenters. The molecule has 0 N–H and O–H groups in total. The molecule has 1 fully saturated rings. The molecule has 0 amide bonds. The quantitative estimate of drug-likeness (QED) is 0.360. The standard InChI is InChI=1S/C24H25N5O2S/c1-30-20-13-7-6-12-19(20)29-23(28-14-8-3-9-15-28)26-27-24(29)32-17-22-25-16-21(31-22)18-10-4-2-5-11-18/h2,4-7,10-13,16H,3,8-9,14-15,17H2,1H3. The number of hydrogen-bond donors (Lipinski definition) is 0. The lowest BCUT2D eigenvalue weighted by molar-refractivity contribution is 0.412. The Kier molecular flexibility index (Phi) is 6.11. The van der Waals surface area contributed by atoms with E-state index in [0.29, 0.717) is 11.6 Å². The Morgan fingerprint density at radius 2 is 1.75 bits per heavy atom. The molecule has 7 nitrogen and oxygen atoms in total.